The molecular weight excluding hydrogens is 235 g/mol. The minimum Gasteiger partial charge on any atom is -0.458 e. The summed E-state index contributed by atoms with van der Waals surface area (Å²) in [5.41, 5.74) is 0.989. The van der Waals surface area contributed by atoms with Crippen LogP contribution in [0.15, 0.2) is 29.2 Å². The van der Waals surface area contributed by atoms with E-state index in [1.807, 2.05) is 6.92 Å². The molecule has 4 nitrogen and oxygen atoms in total. The normalized spacial score (nSPS) is 9.86. The molecule has 0 heterocycles. The first-order valence-electron chi connectivity index (χ1n) is 3.21. The van der Waals surface area contributed by atoms with E-state index in [1.54, 1.807) is 12.1 Å². The molecule has 0 aliphatic rings. The van der Waals surface area contributed by atoms with Crippen molar-refractivity contribution in [2.75, 3.05) is 0 Å². The Morgan fingerprint density at radius 3 is 2.00 bits per heavy atom. The predicted molar refractivity (Wildman–Crippen MR) is 52.6 cm³/mol. The molecule has 7 heteroatoms. The Morgan fingerprint density at radius 2 is 1.64 bits per heavy atom. The summed E-state index contributed by atoms with van der Waals surface area (Å²) in [6.45, 7) is 1.87. The zero-order valence-corrected chi connectivity index (χ0v) is 11.6. The second-order valence-corrected chi connectivity index (χ2v) is 4.33. The Kier molecular flexibility index (Phi) is 8.15. The molecule has 0 aliphatic heterocycles. The van der Waals surface area contributed by atoms with Gasteiger partial charge in [0, 0.05) is 4.90 Å². The van der Waals surface area contributed by atoms with Crippen LogP contribution in [-0.2, 0) is 10.0 Å². The van der Waals surface area contributed by atoms with Crippen molar-refractivity contribution in [2.24, 2.45) is 0 Å². The average molecular weight is 245 g/mol. The molecular formula is C7H10ClN2NaO2S. The molecule has 0 aliphatic carbocycles. The van der Waals surface area contributed by atoms with E-state index in [-0.39, 0.29) is 40.6 Å². The Morgan fingerprint density at radius 1 is 1.21 bits per heavy atom. The number of halogens is 1. The molecule has 0 radical (unpaired) electrons. The van der Waals surface area contributed by atoms with Gasteiger partial charge in [0.05, 0.1) is 0 Å². The van der Waals surface area contributed by atoms with Gasteiger partial charge in [0.25, 0.3) is 0 Å². The van der Waals surface area contributed by atoms with Crippen molar-refractivity contribution in [3.05, 3.63) is 34.1 Å². The van der Waals surface area contributed by atoms with Gasteiger partial charge in [-0.15, -0.1) is 0 Å². The predicted octanol–water partition coefficient (Wildman–Crippen LogP) is -0.623. The van der Waals surface area contributed by atoms with Crippen LogP contribution in [0, 0.1) is 6.92 Å². The van der Waals surface area contributed by atoms with Gasteiger partial charge < -0.3 is 10.4 Å². The van der Waals surface area contributed by atoms with Crippen LogP contribution in [0.1, 0.15) is 5.56 Å². The van der Waals surface area contributed by atoms with Gasteiger partial charge in [0.1, 0.15) is 10.0 Å². The molecule has 0 saturated heterocycles. The maximum Gasteiger partial charge on any atom is 1.00 e. The average Bonchev–Trinajstić information content (AvgIpc) is 2.05. The first-order chi connectivity index (χ1) is 5.56. The first-order valence-corrected chi connectivity index (χ1v) is 4.99. The van der Waals surface area contributed by atoms with Crippen molar-refractivity contribution in [1.82, 2.24) is 6.15 Å². The molecule has 0 amide bonds. The molecule has 0 saturated carbocycles. The maximum absolute atomic E-state index is 11.0. The summed E-state index contributed by atoms with van der Waals surface area (Å²) in [7, 11) is -3.62. The summed E-state index contributed by atoms with van der Waals surface area (Å²) in [6, 6.07) is 6.32. The summed E-state index contributed by atoms with van der Waals surface area (Å²) < 4.78 is 24.8. The Bertz CT molecular complexity index is 366. The van der Waals surface area contributed by atoms with E-state index in [0.29, 0.717) is 0 Å². The van der Waals surface area contributed by atoms with Crippen LogP contribution in [0.3, 0.4) is 0 Å². The summed E-state index contributed by atoms with van der Waals surface area (Å²) in [6.07, 6.45) is 0. The van der Waals surface area contributed by atoms with Gasteiger partial charge in [0.15, 0.2) is 0 Å². The molecule has 3 N–H and O–H groups in total. The van der Waals surface area contributed by atoms with Gasteiger partial charge in [-0.25, -0.2) is 8.42 Å². The Balaban J connectivity index is 0. The smallest absolute Gasteiger partial charge is 0.458 e. The minimum absolute atomic E-state index is 0. The summed E-state index contributed by atoms with van der Waals surface area (Å²) in [5.74, 6) is 0. The standard InChI is InChI=1S/C7H7ClNO2S.H3N.Na/c1-6-2-4-7(5-3-6)12(10,11)9-8;;/h2-5H,1H3;1H3;/q-1;;+1. The first kappa shape index (κ1) is 16.8. The summed E-state index contributed by atoms with van der Waals surface area (Å²) in [5, 5.41) is 0. The van der Waals surface area contributed by atoms with E-state index in [1.165, 1.54) is 12.1 Å². The van der Waals surface area contributed by atoms with Crippen molar-refractivity contribution < 1.29 is 38.0 Å². The summed E-state index contributed by atoms with van der Waals surface area (Å²) in [4.78, 5) is 0.114. The molecule has 0 spiro atoms. The second-order valence-electron chi connectivity index (χ2n) is 2.36. The van der Waals surface area contributed by atoms with Crippen LogP contribution in [-0.4, -0.2) is 8.42 Å². The number of hydrogen-bond acceptors (Lipinski definition) is 3. The number of rotatable bonds is 2. The van der Waals surface area contributed by atoms with Crippen molar-refractivity contribution in [3.63, 3.8) is 0 Å². The molecule has 0 atom stereocenters. The molecule has 1 rings (SSSR count). The molecule has 1 aromatic carbocycles. The van der Waals surface area contributed by atoms with E-state index in [2.05, 4.69) is 4.24 Å². The zero-order chi connectivity index (χ0) is 9.19. The quantitative estimate of drug-likeness (QED) is 0.704. The van der Waals surface area contributed by atoms with E-state index in [9.17, 15) is 8.42 Å². The van der Waals surface area contributed by atoms with E-state index in [0.717, 1.165) is 5.56 Å². The summed E-state index contributed by atoms with van der Waals surface area (Å²) >= 11 is 4.90. The monoisotopic (exact) mass is 244 g/mol. The number of sulfonamides is 1. The van der Waals surface area contributed by atoms with Crippen LogP contribution >= 0.6 is 11.8 Å². The van der Waals surface area contributed by atoms with Crippen molar-refractivity contribution in [2.45, 2.75) is 11.8 Å². The van der Waals surface area contributed by atoms with Gasteiger partial charge >= 0.3 is 29.6 Å². The van der Waals surface area contributed by atoms with Crippen LogP contribution in [0.4, 0.5) is 0 Å². The Hall–Kier alpha value is 0.380. The van der Waals surface area contributed by atoms with Crippen LogP contribution in [0.5, 0.6) is 0 Å². The number of nitrogens with zero attached hydrogens (tertiary/aromatic N) is 1. The topological polar surface area (TPSA) is 83.2 Å². The number of benzene rings is 1. The molecule has 14 heavy (non-hydrogen) atoms. The van der Waals surface area contributed by atoms with Gasteiger partial charge in [-0.05, 0) is 19.1 Å². The fourth-order valence-corrected chi connectivity index (χ4v) is 1.55. The second kappa shape index (κ2) is 6.79. The van der Waals surface area contributed by atoms with Gasteiger partial charge in [-0.1, -0.05) is 17.7 Å². The third-order valence-corrected chi connectivity index (χ3v) is 3.00. The Labute approximate surface area is 111 Å². The minimum atomic E-state index is -3.62. The van der Waals surface area contributed by atoms with E-state index < -0.39 is 10.0 Å². The van der Waals surface area contributed by atoms with Crippen LogP contribution in [0.2, 0.25) is 0 Å². The van der Waals surface area contributed by atoms with Gasteiger partial charge in [-0.3, -0.25) is 11.8 Å². The maximum atomic E-state index is 11.0. The van der Waals surface area contributed by atoms with Crippen molar-refractivity contribution in [1.29, 1.82) is 0 Å². The molecule has 0 aromatic heterocycles. The molecule has 0 bridgehead atoms. The number of aryl methyl sites for hydroxylation is 1. The SMILES string of the molecule is Cc1ccc(S(=O)(=O)[N-]Cl)cc1.N.[Na+]. The zero-order valence-electron chi connectivity index (χ0n) is 8.07. The number of hydrogen-bond donors (Lipinski definition) is 1. The fourth-order valence-electron chi connectivity index (χ4n) is 0.750. The molecule has 0 fully saturated rings. The van der Waals surface area contributed by atoms with E-state index in [4.69, 9.17) is 11.8 Å². The largest absolute Gasteiger partial charge is 1.00 e. The van der Waals surface area contributed by atoms with Gasteiger partial charge in [0.2, 0.25) is 0 Å². The van der Waals surface area contributed by atoms with Crippen molar-refractivity contribution in [3.8, 4) is 0 Å². The third-order valence-electron chi connectivity index (χ3n) is 1.41. The fraction of sp³-hybridized carbons (Fsp3) is 0.143. The molecule has 0 unspecified atom stereocenters. The van der Waals surface area contributed by atoms with Crippen LogP contribution < -0.4 is 35.7 Å². The molecule has 74 valence electrons. The third kappa shape index (κ3) is 4.27. The van der Waals surface area contributed by atoms with Crippen LogP contribution in [0.25, 0.3) is 4.24 Å². The van der Waals surface area contributed by atoms with Crippen molar-refractivity contribution >= 4 is 21.8 Å². The van der Waals surface area contributed by atoms with Gasteiger partial charge in [-0.2, -0.15) is 0 Å². The van der Waals surface area contributed by atoms with E-state index >= 15 is 0 Å². The molecule has 1 aromatic rings.